The molecule has 0 aromatic heterocycles. The lowest BCUT2D eigenvalue weighted by Crippen LogP contribution is -2.48. The van der Waals surface area contributed by atoms with Crippen molar-refractivity contribution in [3.8, 4) is 28.7 Å². The molecule has 1 fully saturated rings. The molecule has 1 saturated heterocycles. The number of carbonyl (C=O) groups is 1. The highest BCUT2D eigenvalue weighted by Crippen LogP contribution is 2.51. The number of halogens is 2. The Bertz CT molecular complexity index is 1480. The highest BCUT2D eigenvalue weighted by Gasteiger charge is 2.48. The van der Waals surface area contributed by atoms with Crippen molar-refractivity contribution in [2.24, 2.45) is 0 Å². The Morgan fingerprint density at radius 1 is 0.771 bits per heavy atom. The van der Waals surface area contributed by atoms with Crippen LogP contribution in [0.5, 0.6) is 28.7 Å². The lowest BCUT2D eigenvalue weighted by molar-refractivity contribution is -0.126. The van der Waals surface area contributed by atoms with Crippen molar-refractivity contribution < 1.29 is 28.5 Å². The topological polar surface area (TPSA) is 69.7 Å². The van der Waals surface area contributed by atoms with Gasteiger partial charge in [-0.05, 0) is 68.1 Å². The lowest BCUT2D eigenvalue weighted by Gasteiger charge is -2.36. The van der Waals surface area contributed by atoms with Crippen LogP contribution in [-0.4, -0.2) is 97.1 Å². The van der Waals surface area contributed by atoms with Gasteiger partial charge in [-0.25, -0.2) is 4.79 Å². The van der Waals surface area contributed by atoms with E-state index in [2.05, 4.69) is 21.9 Å². The van der Waals surface area contributed by atoms with Gasteiger partial charge in [0.1, 0.15) is 11.9 Å². The summed E-state index contributed by atoms with van der Waals surface area (Å²) in [4.78, 5) is 19.9. The third kappa shape index (κ3) is 8.64. The molecule has 2 heterocycles. The Hall–Kier alpha value is -2.86. The molecule has 48 heavy (non-hydrogen) atoms. The quantitative estimate of drug-likeness (QED) is 0.101. The van der Waals surface area contributed by atoms with Crippen LogP contribution >= 0.6 is 36.8 Å². The number of hydrogen-bond acceptors (Lipinski definition) is 9. The zero-order valence-electron chi connectivity index (χ0n) is 28.9. The van der Waals surface area contributed by atoms with E-state index in [0.29, 0.717) is 35.4 Å². The van der Waals surface area contributed by atoms with Crippen molar-refractivity contribution in [2.75, 3.05) is 81.4 Å². The fourth-order valence-electron chi connectivity index (χ4n) is 6.39. The Balaban J connectivity index is 0.00000312. The van der Waals surface area contributed by atoms with Crippen LogP contribution in [0.2, 0.25) is 0 Å². The molecule has 5 rings (SSSR count). The second-order valence-corrected chi connectivity index (χ2v) is 13.3. The predicted molar refractivity (Wildman–Crippen MR) is 198 cm³/mol. The number of piperazine rings is 1. The Morgan fingerprint density at radius 2 is 1.40 bits per heavy atom. The van der Waals surface area contributed by atoms with Crippen molar-refractivity contribution in [3.63, 3.8) is 0 Å². The average molecular weight is 724 g/mol. The number of amides is 1. The first-order valence-corrected chi connectivity index (χ1v) is 16.8. The van der Waals surface area contributed by atoms with Crippen LogP contribution in [0.4, 0.5) is 5.69 Å². The number of unbranched alkanes of at least 4 members (excludes halogenated alkanes) is 1. The van der Waals surface area contributed by atoms with E-state index in [4.69, 9.17) is 23.7 Å². The van der Waals surface area contributed by atoms with Crippen molar-refractivity contribution in [1.82, 2.24) is 13.7 Å². The van der Waals surface area contributed by atoms with Gasteiger partial charge in [0.05, 0.1) is 52.9 Å². The SMILES string of the molecule is COc1cc(CCN2CCN(CCCCOc3c(OC)cccc3[N+]3(C)Sc4ccccc4C(C)C3=O)CC2)cc(OC)c1OC.Cl.Cl. The minimum atomic E-state index is -0.212. The lowest BCUT2D eigenvalue weighted by atomic mass is 9.99. The summed E-state index contributed by atoms with van der Waals surface area (Å²) in [5, 5.41) is 0. The van der Waals surface area contributed by atoms with E-state index in [-0.39, 0.29) is 40.5 Å². The van der Waals surface area contributed by atoms with Crippen molar-refractivity contribution >= 4 is 48.4 Å². The molecule has 2 unspecified atom stereocenters. The van der Waals surface area contributed by atoms with E-state index in [1.807, 2.05) is 56.4 Å². The molecule has 12 heteroatoms. The normalized spacial score (nSPS) is 19.4. The third-order valence-electron chi connectivity index (χ3n) is 9.12. The highest BCUT2D eigenvalue weighted by molar-refractivity contribution is 7.99. The van der Waals surface area contributed by atoms with Gasteiger partial charge in [0, 0.05) is 38.8 Å². The molecule has 0 radical (unpaired) electrons. The number of quaternary nitrogens is 1. The molecule has 0 N–H and O–H groups in total. The molecule has 0 bridgehead atoms. The number of likely N-dealkylation sites (N-methyl/N-ethyl adjacent to an activating group) is 1. The summed E-state index contributed by atoms with van der Waals surface area (Å²) in [5.41, 5.74) is 3.07. The molecular formula is C36H50Cl2N3O6S+. The first-order valence-electron chi connectivity index (χ1n) is 16.1. The largest absolute Gasteiger partial charge is 0.493 e. The maximum Gasteiger partial charge on any atom is 0.337 e. The third-order valence-corrected chi connectivity index (χ3v) is 10.4. The van der Waals surface area contributed by atoms with E-state index >= 15 is 0 Å². The minimum absolute atomic E-state index is 0. The fourth-order valence-corrected chi connectivity index (χ4v) is 7.77. The predicted octanol–water partition coefficient (Wildman–Crippen LogP) is 6.87. The number of benzene rings is 3. The number of rotatable bonds is 14. The first kappa shape index (κ1) is 39.6. The Morgan fingerprint density at radius 3 is 2.02 bits per heavy atom. The molecule has 3 aromatic carbocycles. The zero-order valence-corrected chi connectivity index (χ0v) is 31.3. The molecule has 3 aromatic rings. The highest BCUT2D eigenvalue weighted by atomic mass is 35.5. The molecule has 264 valence electrons. The summed E-state index contributed by atoms with van der Waals surface area (Å²) in [7, 11) is 8.55. The summed E-state index contributed by atoms with van der Waals surface area (Å²) in [5.74, 6) is 3.25. The van der Waals surface area contributed by atoms with Gasteiger partial charge in [-0.2, -0.15) is 3.89 Å². The second kappa shape index (κ2) is 18.2. The summed E-state index contributed by atoms with van der Waals surface area (Å²) >= 11 is 1.55. The second-order valence-electron chi connectivity index (χ2n) is 11.9. The van der Waals surface area contributed by atoms with Crippen LogP contribution in [0.1, 0.15) is 36.8 Å². The maximum absolute atomic E-state index is 13.8. The standard InChI is InChI=1S/C36H48N3O6S.2ClH/c1-26-28-12-7-8-15-33(28)46-39(2,36(26)40)29-13-11-14-30(41-3)34(29)45-23-10-9-17-37-19-21-38(22-20-37)18-16-27-24-31(42-4)35(44-6)32(25-27)43-5;;/h7-8,11-15,24-26H,9-10,16-23H2,1-6H3;2*1H/q+1;;. The van der Waals surface area contributed by atoms with Gasteiger partial charge < -0.3 is 33.5 Å². The van der Waals surface area contributed by atoms with Gasteiger partial charge >= 0.3 is 5.91 Å². The number of carbonyl (C=O) groups excluding carboxylic acids is 1. The van der Waals surface area contributed by atoms with E-state index < -0.39 is 0 Å². The van der Waals surface area contributed by atoms with E-state index in [1.54, 1.807) is 40.4 Å². The van der Waals surface area contributed by atoms with E-state index in [0.717, 1.165) is 74.7 Å². The number of fused-ring (bicyclic) bond motifs is 1. The summed E-state index contributed by atoms with van der Waals surface area (Å²) < 4.78 is 28.7. The van der Waals surface area contributed by atoms with Crippen molar-refractivity contribution in [2.45, 2.75) is 37.0 Å². The first-order chi connectivity index (χ1) is 22.3. The number of hydrogen-bond donors (Lipinski definition) is 0. The van der Waals surface area contributed by atoms with Gasteiger partial charge in [-0.3, -0.25) is 0 Å². The summed E-state index contributed by atoms with van der Waals surface area (Å²) in [6.07, 6.45) is 2.88. The molecule has 2 atom stereocenters. The van der Waals surface area contributed by atoms with Gasteiger partial charge in [0.2, 0.25) is 11.5 Å². The summed E-state index contributed by atoms with van der Waals surface area (Å²) in [6, 6.07) is 18.1. The fraction of sp³-hybridized carbons (Fsp3) is 0.472. The zero-order chi connectivity index (χ0) is 32.7. The van der Waals surface area contributed by atoms with Gasteiger partial charge in [0.25, 0.3) is 0 Å². The Labute approximate surface area is 302 Å². The van der Waals surface area contributed by atoms with Crippen LogP contribution in [0.25, 0.3) is 0 Å². The van der Waals surface area contributed by atoms with Crippen LogP contribution in [0, 0.1) is 0 Å². The molecule has 2 aliphatic rings. The van der Waals surface area contributed by atoms with Gasteiger partial charge in [0.15, 0.2) is 22.9 Å². The molecular weight excluding hydrogens is 673 g/mol. The molecule has 1 amide bonds. The molecule has 0 spiro atoms. The smallest absolute Gasteiger partial charge is 0.337 e. The molecule has 2 aliphatic heterocycles. The molecule has 9 nitrogen and oxygen atoms in total. The van der Waals surface area contributed by atoms with E-state index in [9.17, 15) is 4.79 Å². The van der Waals surface area contributed by atoms with Gasteiger partial charge in [-0.15, -0.1) is 24.8 Å². The van der Waals surface area contributed by atoms with Crippen molar-refractivity contribution in [1.29, 1.82) is 0 Å². The number of ether oxygens (including phenoxy) is 5. The monoisotopic (exact) mass is 722 g/mol. The van der Waals surface area contributed by atoms with Crippen LogP contribution in [-0.2, 0) is 11.2 Å². The van der Waals surface area contributed by atoms with Gasteiger partial charge in [-0.1, -0.05) is 24.3 Å². The minimum Gasteiger partial charge on any atom is -0.493 e. The van der Waals surface area contributed by atoms with Crippen LogP contribution < -0.4 is 27.6 Å². The van der Waals surface area contributed by atoms with Crippen LogP contribution in [0.3, 0.4) is 0 Å². The van der Waals surface area contributed by atoms with Crippen molar-refractivity contribution in [3.05, 3.63) is 65.7 Å². The molecule has 0 aliphatic carbocycles. The maximum atomic E-state index is 13.8. The summed E-state index contributed by atoms with van der Waals surface area (Å²) in [6.45, 7) is 8.80. The number of methoxy groups -OCH3 is 4. The molecule has 0 saturated carbocycles. The van der Waals surface area contributed by atoms with E-state index in [1.165, 1.54) is 5.56 Å². The Kier molecular flexibility index (Phi) is 15.0. The average Bonchev–Trinajstić information content (AvgIpc) is 3.09. The number of nitrogens with zero attached hydrogens (tertiary/aromatic N) is 3. The number of para-hydroxylation sites is 1. The van der Waals surface area contributed by atoms with Crippen LogP contribution in [0.15, 0.2) is 59.5 Å².